The maximum absolute atomic E-state index is 12.2. The van der Waals surface area contributed by atoms with Crippen molar-refractivity contribution in [3.8, 4) is 11.8 Å². The van der Waals surface area contributed by atoms with Crippen LogP contribution in [0.5, 0.6) is 5.75 Å². The average Bonchev–Trinajstić information content (AvgIpc) is 2.16. The molecule has 0 radical (unpaired) electrons. The first-order valence-electron chi connectivity index (χ1n) is 3.44. The average molecular weight is 165 g/mol. The fraction of sp³-hybridized carbons (Fsp3) is 0.222. The van der Waals surface area contributed by atoms with Crippen LogP contribution in [-0.4, -0.2) is 7.11 Å². The van der Waals surface area contributed by atoms with Crippen molar-refractivity contribution in [3.05, 3.63) is 29.3 Å². The molecule has 0 aliphatic carbocycles. The van der Waals surface area contributed by atoms with E-state index in [9.17, 15) is 4.39 Å². The van der Waals surface area contributed by atoms with Gasteiger partial charge < -0.3 is 4.74 Å². The zero-order valence-electron chi connectivity index (χ0n) is 6.67. The summed E-state index contributed by atoms with van der Waals surface area (Å²) in [4.78, 5) is 0. The van der Waals surface area contributed by atoms with Gasteiger partial charge in [-0.05, 0) is 12.1 Å². The first-order chi connectivity index (χ1) is 5.81. The Morgan fingerprint density at radius 2 is 2.33 bits per heavy atom. The quantitative estimate of drug-likeness (QED) is 0.671. The molecule has 0 aliphatic heterocycles. The highest BCUT2D eigenvalue weighted by Gasteiger charge is 2.02. The normalized spacial score (nSPS) is 9.08. The van der Waals surface area contributed by atoms with Gasteiger partial charge in [0.2, 0.25) is 0 Å². The Balaban J connectivity index is 3.13. The summed E-state index contributed by atoms with van der Waals surface area (Å²) in [6.07, 6.45) is 0. The molecule has 0 saturated carbocycles. The fourth-order valence-electron chi connectivity index (χ4n) is 0.903. The molecular weight excluding hydrogens is 157 g/mol. The number of ether oxygens (including phenoxy) is 1. The second kappa shape index (κ2) is 3.72. The third kappa shape index (κ3) is 1.54. The van der Waals surface area contributed by atoms with Crippen molar-refractivity contribution in [2.24, 2.45) is 0 Å². The van der Waals surface area contributed by atoms with Gasteiger partial charge in [-0.3, -0.25) is 0 Å². The Labute approximate surface area is 70.2 Å². The van der Waals surface area contributed by atoms with Crippen LogP contribution in [0.15, 0.2) is 18.2 Å². The number of alkyl halides is 1. The summed E-state index contributed by atoms with van der Waals surface area (Å²) in [6.45, 7) is -0.618. The number of hydrogen-bond acceptors (Lipinski definition) is 2. The van der Waals surface area contributed by atoms with Gasteiger partial charge in [0, 0.05) is 5.56 Å². The maximum Gasteiger partial charge on any atom is 0.120 e. The van der Waals surface area contributed by atoms with Crippen LogP contribution in [0.25, 0.3) is 0 Å². The maximum atomic E-state index is 12.2. The van der Waals surface area contributed by atoms with Gasteiger partial charge in [-0.1, -0.05) is 6.07 Å². The Morgan fingerprint density at radius 1 is 1.58 bits per heavy atom. The lowest BCUT2D eigenvalue weighted by Crippen LogP contribution is -1.89. The van der Waals surface area contributed by atoms with E-state index in [1.165, 1.54) is 13.2 Å². The molecule has 1 aromatic rings. The van der Waals surface area contributed by atoms with E-state index in [1.54, 1.807) is 12.1 Å². The molecule has 0 amide bonds. The van der Waals surface area contributed by atoms with E-state index < -0.39 is 6.67 Å². The second-order valence-corrected chi connectivity index (χ2v) is 2.27. The van der Waals surface area contributed by atoms with Crippen molar-refractivity contribution < 1.29 is 9.13 Å². The monoisotopic (exact) mass is 165 g/mol. The molecule has 0 aliphatic rings. The Kier molecular flexibility index (Phi) is 2.65. The van der Waals surface area contributed by atoms with Crippen molar-refractivity contribution in [1.29, 1.82) is 5.26 Å². The predicted octanol–water partition coefficient (Wildman–Crippen LogP) is 2.04. The van der Waals surface area contributed by atoms with Crippen molar-refractivity contribution in [2.45, 2.75) is 6.67 Å². The molecule has 3 heteroatoms. The molecule has 0 saturated heterocycles. The Bertz CT molecular complexity index is 317. The lowest BCUT2D eigenvalue weighted by atomic mass is 10.1. The fourth-order valence-corrected chi connectivity index (χ4v) is 0.903. The zero-order chi connectivity index (χ0) is 8.97. The molecule has 2 nitrogen and oxygen atoms in total. The molecule has 0 fully saturated rings. The molecule has 1 rings (SSSR count). The lowest BCUT2D eigenvalue weighted by molar-refractivity contribution is 0.413. The van der Waals surface area contributed by atoms with Crippen molar-refractivity contribution >= 4 is 0 Å². The number of nitriles is 1. The summed E-state index contributed by atoms with van der Waals surface area (Å²) in [5, 5.41) is 8.60. The number of halogens is 1. The van der Waals surface area contributed by atoms with Crippen molar-refractivity contribution in [2.75, 3.05) is 7.11 Å². The van der Waals surface area contributed by atoms with E-state index in [0.717, 1.165) is 0 Å². The van der Waals surface area contributed by atoms with E-state index in [2.05, 4.69) is 0 Å². The number of hydrogen-bond donors (Lipinski definition) is 0. The molecule has 0 heterocycles. The van der Waals surface area contributed by atoms with Gasteiger partial charge in [0.15, 0.2) is 0 Å². The van der Waals surface area contributed by atoms with Crippen molar-refractivity contribution in [1.82, 2.24) is 0 Å². The van der Waals surface area contributed by atoms with Crippen LogP contribution in [0, 0.1) is 11.3 Å². The molecule has 0 aromatic heterocycles. The highest BCUT2D eigenvalue weighted by atomic mass is 19.1. The van der Waals surface area contributed by atoms with Gasteiger partial charge in [-0.25, -0.2) is 4.39 Å². The van der Waals surface area contributed by atoms with E-state index in [-0.39, 0.29) is 0 Å². The van der Waals surface area contributed by atoms with Crippen LogP contribution in [0.1, 0.15) is 11.1 Å². The molecular formula is C9H8FNO. The van der Waals surface area contributed by atoms with Gasteiger partial charge in [0.1, 0.15) is 12.4 Å². The summed E-state index contributed by atoms with van der Waals surface area (Å²) in [5.74, 6) is 0.573. The topological polar surface area (TPSA) is 33.0 Å². The third-order valence-electron chi connectivity index (χ3n) is 1.58. The minimum absolute atomic E-state index is 0.330. The van der Waals surface area contributed by atoms with E-state index >= 15 is 0 Å². The lowest BCUT2D eigenvalue weighted by Gasteiger charge is -2.01. The zero-order valence-corrected chi connectivity index (χ0v) is 6.67. The molecule has 0 bridgehead atoms. The summed E-state index contributed by atoms with van der Waals surface area (Å²) in [7, 11) is 1.51. The van der Waals surface area contributed by atoms with Crippen LogP contribution >= 0.6 is 0 Å². The standard InChI is InChI=1S/C9H8FNO/c1-12-9-3-2-7(5-10)8(4-9)6-11/h2-4H,5H2,1H3. The smallest absolute Gasteiger partial charge is 0.120 e. The number of rotatable bonds is 2. The number of methoxy groups -OCH3 is 1. The van der Waals surface area contributed by atoms with Crippen LogP contribution in [0.4, 0.5) is 4.39 Å². The van der Waals surface area contributed by atoms with Gasteiger partial charge in [0.25, 0.3) is 0 Å². The highest BCUT2D eigenvalue weighted by Crippen LogP contribution is 2.17. The summed E-state index contributed by atoms with van der Waals surface area (Å²) in [5.41, 5.74) is 0.732. The molecule has 62 valence electrons. The summed E-state index contributed by atoms with van der Waals surface area (Å²) < 4.78 is 17.1. The van der Waals surface area contributed by atoms with Crippen LogP contribution < -0.4 is 4.74 Å². The predicted molar refractivity (Wildman–Crippen MR) is 42.5 cm³/mol. The third-order valence-corrected chi connectivity index (χ3v) is 1.58. The molecule has 0 unspecified atom stereocenters. The minimum Gasteiger partial charge on any atom is -0.497 e. The van der Waals surface area contributed by atoms with Crippen LogP contribution in [0.3, 0.4) is 0 Å². The van der Waals surface area contributed by atoms with Crippen LogP contribution in [0.2, 0.25) is 0 Å². The van der Waals surface area contributed by atoms with Gasteiger partial charge in [-0.15, -0.1) is 0 Å². The van der Waals surface area contributed by atoms with Crippen LogP contribution in [-0.2, 0) is 6.67 Å². The molecule has 0 spiro atoms. The van der Waals surface area contributed by atoms with Gasteiger partial charge in [-0.2, -0.15) is 5.26 Å². The molecule has 1 aromatic carbocycles. The molecule has 0 atom stereocenters. The summed E-state index contributed by atoms with van der Waals surface area (Å²) >= 11 is 0. The number of nitrogens with zero attached hydrogens (tertiary/aromatic N) is 1. The van der Waals surface area contributed by atoms with Gasteiger partial charge in [0.05, 0.1) is 18.7 Å². The first kappa shape index (κ1) is 8.54. The second-order valence-electron chi connectivity index (χ2n) is 2.27. The molecule has 12 heavy (non-hydrogen) atoms. The summed E-state index contributed by atoms with van der Waals surface area (Å²) in [6, 6.07) is 6.61. The molecule has 0 N–H and O–H groups in total. The van der Waals surface area contributed by atoms with E-state index in [1.807, 2.05) is 6.07 Å². The van der Waals surface area contributed by atoms with Crippen molar-refractivity contribution in [3.63, 3.8) is 0 Å². The van der Waals surface area contributed by atoms with E-state index in [0.29, 0.717) is 16.9 Å². The number of benzene rings is 1. The SMILES string of the molecule is COc1ccc(CF)c(C#N)c1. The minimum atomic E-state index is -0.618. The first-order valence-corrected chi connectivity index (χ1v) is 3.44. The van der Waals surface area contributed by atoms with E-state index in [4.69, 9.17) is 10.00 Å². The Morgan fingerprint density at radius 3 is 2.83 bits per heavy atom. The highest BCUT2D eigenvalue weighted by molar-refractivity contribution is 5.42. The Hall–Kier alpha value is -1.56. The van der Waals surface area contributed by atoms with Gasteiger partial charge >= 0.3 is 0 Å². The largest absolute Gasteiger partial charge is 0.497 e.